The third kappa shape index (κ3) is 3.79. The van der Waals surface area contributed by atoms with Crippen LogP contribution < -0.4 is 0 Å². The van der Waals surface area contributed by atoms with Crippen LogP contribution in [0.4, 0.5) is 0 Å². The number of carbonyl (C=O) groups is 1. The summed E-state index contributed by atoms with van der Waals surface area (Å²) in [6.45, 7) is 2.10. The van der Waals surface area contributed by atoms with Crippen molar-refractivity contribution in [3.8, 4) is 5.75 Å². The van der Waals surface area contributed by atoms with Gasteiger partial charge in [0, 0.05) is 22.5 Å². The van der Waals surface area contributed by atoms with E-state index in [-0.39, 0.29) is 18.2 Å². The number of nitrogens with zero attached hydrogens (tertiary/aromatic N) is 1. The molecule has 21 heavy (non-hydrogen) atoms. The Kier molecular flexibility index (Phi) is 5.28. The van der Waals surface area contributed by atoms with Gasteiger partial charge in [0.25, 0.3) is 0 Å². The summed E-state index contributed by atoms with van der Waals surface area (Å²) in [4.78, 5) is 11.5. The van der Waals surface area contributed by atoms with E-state index in [0.29, 0.717) is 4.83 Å². The highest BCUT2D eigenvalue weighted by atomic mass is 79.9. The number of carboxylic acids is 1. The van der Waals surface area contributed by atoms with E-state index in [1.54, 1.807) is 6.20 Å². The lowest BCUT2D eigenvalue weighted by Crippen LogP contribution is -2.14. The van der Waals surface area contributed by atoms with Crippen molar-refractivity contribution in [2.24, 2.45) is 0 Å². The van der Waals surface area contributed by atoms with E-state index in [1.165, 1.54) is 0 Å². The molecule has 4 nitrogen and oxygen atoms in total. The zero-order valence-electron chi connectivity index (χ0n) is 12.0. The van der Waals surface area contributed by atoms with Crippen LogP contribution in [0.1, 0.15) is 38.6 Å². The van der Waals surface area contributed by atoms with Gasteiger partial charge in [-0.15, -0.1) is 0 Å². The minimum absolute atomic E-state index is 0.0571. The first kappa shape index (κ1) is 15.9. The molecule has 2 aromatic rings. The highest BCUT2D eigenvalue weighted by Crippen LogP contribution is 2.33. The van der Waals surface area contributed by atoms with E-state index in [4.69, 9.17) is 5.11 Å². The third-order valence-corrected chi connectivity index (χ3v) is 4.88. The number of hydrogen-bond acceptors (Lipinski definition) is 2. The van der Waals surface area contributed by atoms with Gasteiger partial charge in [-0.3, -0.25) is 4.79 Å². The van der Waals surface area contributed by atoms with E-state index < -0.39 is 5.97 Å². The molecule has 0 bridgehead atoms. The number of hydrogen-bond donors (Lipinski definition) is 2. The van der Waals surface area contributed by atoms with Crippen molar-refractivity contribution < 1.29 is 15.0 Å². The summed E-state index contributed by atoms with van der Waals surface area (Å²) in [6, 6.07) is 7.37. The van der Waals surface area contributed by atoms with E-state index in [1.807, 2.05) is 28.8 Å². The normalized spacial score (nSPS) is 14.2. The Morgan fingerprint density at radius 3 is 2.71 bits per heavy atom. The maximum absolute atomic E-state index is 11.2. The van der Waals surface area contributed by atoms with Gasteiger partial charge in [0.15, 0.2) is 0 Å². The minimum atomic E-state index is -0.820. The van der Waals surface area contributed by atoms with Crippen LogP contribution in [0.3, 0.4) is 0 Å². The fourth-order valence-electron chi connectivity index (χ4n) is 2.61. The topological polar surface area (TPSA) is 62.5 Å². The Balaban J connectivity index is 2.31. The quantitative estimate of drug-likeness (QED) is 0.728. The molecule has 2 N–H and O–H groups in total. The van der Waals surface area contributed by atoms with Crippen LogP contribution in [0.15, 0.2) is 30.5 Å². The molecular formula is C16H20BrNO3. The number of aromatic hydroxyl groups is 1. The molecule has 2 unspecified atom stereocenters. The Bertz CT molecular complexity index is 623. The molecule has 1 heterocycles. The zero-order chi connectivity index (χ0) is 15.4. The maximum atomic E-state index is 11.2. The molecule has 0 amide bonds. The summed E-state index contributed by atoms with van der Waals surface area (Å²) < 4.78 is 1.90. The fraction of sp³-hybridized carbons (Fsp3) is 0.438. The van der Waals surface area contributed by atoms with Gasteiger partial charge in [-0.05, 0) is 31.4 Å². The monoisotopic (exact) mass is 353 g/mol. The Morgan fingerprint density at radius 1 is 1.33 bits per heavy atom. The summed E-state index contributed by atoms with van der Waals surface area (Å²) in [5, 5.41) is 19.9. The van der Waals surface area contributed by atoms with Gasteiger partial charge in [0.05, 0.1) is 11.9 Å². The predicted octanol–water partition coefficient (Wildman–Crippen LogP) is 4.32. The molecule has 0 aliphatic carbocycles. The van der Waals surface area contributed by atoms with Crippen molar-refractivity contribution in [2.45, 2.75) is 43.5 Å². The van der Waals surface area contributed by atoms with Crippen LogP contribution in [-0.2, 0) is 4.79 Å². The van der Waals surface area contributed by atoms with E-state index in [0.717, 1.165) is 30.2 Å². The van der Waals surface area contributed by atoms with Crippen LogP contribution in [0.2, 0.25) is 0 Å². The number of halogens is 1. The number of benzene rings is 1. The van der Waals surface area contributed by atoms with Crippen molar-refractivity contribution >= 4 is 32.8 Å². The van der Waals surface area contributed by atoms with Gasteiger partial charge in [-0.25, -0.2) is 0 Å². The first-order valence-electron chi connectivity index (χ1n) is 7.17. The molecule has 0 saturated carbocycles. The van der Waals surface area contributed by atoms with Gasteiger partial charge in [0.1, 0.15) is 5.75 Å². The SMILES string of the molecule is CCC(Br)CCC(CC(=O)O)n1cc(O)c2ccccc21. The molecule has 0 saturated heterocycles. The number of aromatic nitrogens is 1. The lowest BCUT2D eigenvalue weighted by molar-refractivity contribution is -0.137. The molecule has 0 aliphatic rings. The molecule has 0 fully saturated rings. The predicted molar refractivity (Wildman–Crippen MR) is 87.1 cm³/mol. The van der Waals surface area contributed by atoms with Crippen molar-refractivity contribution in [1.29, 1.82) is 0 Å². The number of fused-ring (bicyclic) bond motifs is 1. The van der Waals surface area contributed by atoms with Crippen LogP contribution >= 0.6 is 15.9 Å². The Labute approximate surface area is 132 Å². The third-order valence-electron chi connectivity index (χ3n) is 3.78. The van der Waals surface area contributed by atoms with E-state index in [2.05, 4.69) is 22.9 Å². The lowest BCUT2D eigenvalue weighted by atomic mass is 10.0. The number of para-hydroxylation sites is 1. The largest absolute Gasteiger partial charge is 0.506 e. The van der Waals surface area contributed by atoms with E-state index in [9.17, 15) is 9.90 Å². The maximum Gasteiger partial charge on any atom is 0.305 e. The molecule has 1 aromatic heterocycles. The molecule has 1 aromatic carbocycles. The average molecular weight is 354 g/mol. The minimum Gasteiger partial charge on any atom is -0.506 e. The van der Waals surface area contributed by atoms with Crippen molar-refractivity contribution in [2.75, 3.05) is 0 Å². The first-order chi connectivity index (χ1) is 10.0. The summed E-state index contributed by atoms with van der Waals surface area (Å²) >= 11 is 3.59. The van der Waals surface area contributed by atoms with Crippen LogP contribution in [0, 0.1) is 0 Å². The second-order valence-corrected chi connectivity index (χ2v) is 6.57. The van der Waals surface area contributed by atoms with Crippen molar-refractivity contribution in [1.82, 2.24) is 4.57 Å². The second kappa shape index (κ2) is 6.98. The summed E-state index contributed by atoms with van der Waals surface area (Å²) in [5.41, 5.74) is 0.879. The molecule has 0 spiro atoms. The molecule has 2 atom stereocenters. The van der Waals surface area contributed by atoms with Gasteiger partial charge < -0.3 is 14.8 Å². The summed E-state index contributed by atoms with van der Waals surface area (Å²) in [6.07, 6.45) is 4.38. The number of aliphatic carboxylic acids is 1. The van der Waals surface area contributed by atoms with Gasteiger partial charge in [-0.2, -0.15) is 0 Å². The standard InChI is InChI=1S/C16H20BrNO3/c1-2-11(17)7-8-12(9-16(20)21)18-10-15(19)13-5-3-4-6-14(13)18/h3-6,10-12,19H,2,7-9H2,1H3,(H,20,21). The number of rotatable bonds is 7. The lowest BCUT2D eigenvalue weighted by Gasteiger charge is -2.19. The fourth-order valence-corrected chi connectivity index (χ4v) is 2.87. The second-order valence-electron chi connectivity index (χ2n) is 5.27. The van der Waals surface area contributed by atoms with Crippen molar-refractivity contribution in [3.63, 3.8) is 0 Å². The average Bonchev–Trinajstić information content (AvgIpc) is 2.80. The molecular weight excluding hydrogens is 334 g/mol. The number of alkyl halides is 1. The van der Waals surface area contributed by atoms with E-state index >= 15 is 0 Å². The zero-order valence-corrected chi connectivity index (χ0v) is 13.6. The molecule has 5 heteroatoms. The molecule has 0 radical (unpaired) electrons. The van der Waals surface area contributed by atoms with Gasteiger partial charge in [-0.1, -0.05) is 35.0 Å². The Hall–Kier alpha value is -1.49. The highest BCUT2D eigenvalue weighted by Gasteiger charge is 2.19. The van der Waals surface area contributed by atoms with Crippen LogP contribution in [0.5, 0.6) is 5.75 Å². The Morgan fingerprint density at radius 2 is 2.05 bits per heavy atom. The summed E-state index contributed by atoms with van der Waals surface area (Å²) in [5.74, 6) is -0.619. The van der Waals surface area contributed by atoms with Crippen LogP contribution in [-0.4, -0.2) is 25.6 Å². The number of carboxylic acid groups (broad SMARTS) is 1. The van der Waals surface area contributed by atoms with Crippen LogP contribution in [0.25, 0.3) is 10.9 Å². The summed E-state index contributed by atoms with van der Waals surface area (Å²) in [7, 11) is 0. The highest BCUT2D eigenvalue weighted by molar-refractivity contribution is 9.09. The van der Waals surface area contributed by atoms with Gasteiger partial charge in [0.2, 0.25) is 0 Å². The molecule has 2 rings (SSSR count). The first-order valence-corrected chi connectivity index (χ1v) is 8.08. The van der Waals surface area contributed by atoms with Crippen molar-refractivity contribution in [3.05, 3.63) is 30.5 Å². The molecule has 0 aliphatic heterocycles. The smallest absolute Gasteiger partial charge is 0.305 e. The van der Waals surface area contributed by atoms with Gasteiger partial charge >= 0.3 is 5.97 Å². The molecule has 114 valence electrons.